The van der Waals surface area contributed by atoms with Crippen molar-refractivity contribution in [1.29, 1.82) is 0 Å². The van der Waals surface area contributed by atoms with Crippen LogP contribution in [0.1, 0.15) is 11.1 Å². The first-order chi connectivity index (χ1) is 7.63. The lowest BCUT2D eigenvalue weighted by atomic mass is 10.0. The molecule has 0 amide bonds. The summed E-state index contributed by atoms with van der Waals surface area (Å²) in [6, 6.07) is 6.79. The molecule has 0 aliphatic heterocycles. The SMILES string of the molecule is N[C@@H](Cc1ccc(CC#CBr)cc1)C(=O)O. The van der Waals surface area contributed by atoms with Crippen LogP contribution in [0.2, 0.25) is 0 Å². The van der Waals surface area contributed by atoms with Crippen molar-refractivity contribution >= 4 is 21.9 Å². The van der Waals surface area contributed by atoms with Gasteiger partial charge in [0.2, 0.25) is 0 Å². The zero-order valence-corrected chi connectivity index (χ0v) is 10.2. The highest BCUT2D eigenvalue weighted by Crippen LogP contribution is 2.07. The fourth-order valence-electron chi connectivity index (χ4n) is 1.27. The summed E-state index contributed by atoms with van der Waals surface area (Å²) < 4.78 is 0. The average molecular weight is 282 g/mol. The molecule has 0 spiro atoms. The van der Waals surface area contributed by atoms with Crippen LogP contribution in [-0.4, -0.2) is 17.1 Å². The van der Waals surface area contributed by atoms with Gasteiger partial charge in [-0.15, -0.1) is 0 Å². The van der Waals surface area contributed by atoms with Gasteiger partial charge in [0.1, 0.15) is 6.04 Å². The predicted molar refractivity (Wildman–Crippen MR) is 66.2 cm³/mol. The maximum Gasteiger partial charge on any atom is 0.320 e. The molecule has 1 aromatic carbocycles. The van der Waals surface area contributed by atoms with E-state index < -0.39 is 12.0 Å². The predicted octanol–water partition coefficient (Wildman–Crippen LogP) is 1.54. The van der Waals surface area contributed by atoms with Crippen molar-refractivity contribution in [2.24, 2.45) is 5.73 Å². The largest absolute Gasteiger partial charge is 0.480 e. The van der Waals surface area contributed by atoms with Crippen molar-refractivity contribution in [3.05, 3.63) is 35.4 Å². The molecule has 0 aliphatic rings. The second-order valence-electron chi connectivity index (χ2n) is 3.41. The van der Waals surface area contributed by atoms with Crippen molar-refractivity contribution in [3.63, 3.8) is 0 Å². The van der Waals surface area contributed by atoms with Crippen LogP contribution in [0.25, 0.3) is 0 Å². The van der Waals surface area contributed by atoms with E-state index in [-0.39, 0.29) is 0 Å². The van der Waals surface area contributed by atoms with E-state index in [0.29, 0.717) is 12.8 Å². The van der Waals surface area contributed by atoms with Gasteiger partial charge >= 0.3 is 5.97 Å². The number of benzene rings is 1. The van der Waals surface area contributed by atoms with Crippen molar-refractivity contribution in [1.82, 2.24) is 0 Å². The summed E-state index contributed by atoms with van der Waals surface area (Å²) in [6.07, 6.45) is 1.02. The van der Waals surface area contributed by atoms with Crippen LogP contribution in [0.3, 0.4) is 0 Å². The van der Waals surface area contributed by atoms with Crippen LogP contribution in [0, 0.1) is 10.8 Å². The highest BCUT2D eigenvalue weighted by Gasteiger charge is 2.11. The molecular formula is C12H12BrNO2. The molecule has 0 heterocycles. The second-order valence-corrected chi connectivity index (χ2v) is 3.81. The highest BCUT2D eigenvalue weighted by atomic mass is 79.9. The molecular weight excluding hydrogens is 270 g/mol. The summed E-state index contributed by atoms with van der Waals surface area (Å²) in [4.78, 5) is 13.2. The molecule has 0 radical (unpaired) electrons. The molecule has 0 unspecified atom stereocenters. The van der Waals surface area contributed by atoms with Crippen molar-refractivity contribution in [2.45, 2.75) is 18.9 Å². The Morgan fingerprint density at radius 3 is 2.44 bits per heavy atom. The molecule has 84 valence electrons. The van der Waals surface area contributed by atoms with E-state index in [9.17, 15) is 4.79 Å². The molecule has 0 bridgehead atoms. The number of rotatable bonds is 4. The molecule has 1 rings (SSSR count). The summed E-state index contributed by atoms with van der Waals surface area (Å²) in [5, 5.41) is 8.67. The molecule has 0 saturated carbocycles. The number of hydrogen-bond donors (Lipinski definition) is 2. The van der Waals surface area contributed by atoms with Crippen LogP contribution in [0.15, 0.2) is 24.3 Å². The maximum atomic E-state index is 10.6. The van der Waals surface area contributed by atoms with E-state index in [1.54, 1.807) is 0 Å². The maximum absolute atomic E-state index is 10.6. The van der Waals surface area contributed by atoms with Gasteiger partial charge in [0, 0.05) is 22.4 Å². The Bertz CT molecular complexity index is 417. The lowest BCUT2D eigenvalue weighted by Gasteiger charge is -2.06. The number of carboxylic acids is 1. The van der Waals surface area contributed by atoms with Gasteiger partial charge < -0.3 is 10.8 Å². The zero-order valence-electron chi connectivity index (χ0n) is 8.61. The Hall–Kier alpha value is -1.31. The Morgan fingerprint density at radius 1 is 1.38 bits per heavy atom. The highest BCUT2D eigenvalue weighted by molar-refractivity contribution is 9.12. The third-order valence-electron chi connectivity index (χ3n) is 2.16. The number of nitrogens with two attached hydrogens (primary N) is 1. The van der Waals surface area contributed by atoms with E-state index >= 15 is 0 Å². The van der Waals surface area contributed by atoms with E-state index in [4.69, 9.17) is 10.8 Å². The first-order valence-electron chi connectivity index (χ1n) is 4.78. The summed E-state index contributed by atoms with van der Waals surface area (Å²) in [6.45, 7) is 0. The smallest absolute Gasteiger partial charge is 0.320 e. The summed E-state index contributed by atoms with van der Waals surface area (Å²) in [5.74, 6) is 1.91. The minimum absolute atomic E-state index is 0.347. The van der Waals surface area contributed by atoms with Crippen molar-refractivity contribution in [2.75, 3.05) is 0 Å². The standard InChI is InChI=1S/C12H12BrNO2/c13-7-1-2-9-3-5-10(6-4-9)8-11(14)12(15)16/h3-6,11H,2,8,14H2,(H,15,16)/t11-/m0/s1. The quantitative estimate of drug-likeness (QED) is 0.823. The Balaban J connectivity index is 2.63. The molecule has 1 aromatic rings. The second kappa shape index (κ2) is 6.31. The third kappa shape index (κ3) is 4.05. The third-order valence-corrected chi connectivity index (χ3v) is 2.44. The van der Waals surface area contributed by atoms with E-state index in [1.165, 1.54) is 0 Å². The van der Waals surface area contributed by atoms with Crippen molar-refractivity contribution < 1.29 is 9.90 Å². The molecule has 4 heteroatoms. The molecule has 0 aromatic heterocycles. The van der Waals surface area contributed by atoms with Gasteiger partial charge in [-0.25, -0.2) is 0 Å². The monoisotopic (exact) mass is 281 g/mol. The first kappa shape index (κ1) is 12.8. The van der Waals surface area contributed by atoms with Crippen LogP contribution < -0.4 is 5.73 Å². The van der Waals surface area contributed by atoms with Gasteiger partial charge in [0.05, 0.1) is 0 Å². The van der Waals surface area contributed by atoms with Gasteiger partial charge in [0.25, 0.3) is 0 Å². The first-order valence-corrected chi connectivity index (χ1v) is 5.57. The minimum Gasteiger partial charge on any atom is -0.480 e. The van der Waals surface area contributed by atoms with E-state index in [0.717, 1.165) is 11.1 Å². The molecule has 3 nitrogen and oxygen atoms in total. The van der Waals surface area contributed by atoms with E-state index in [1.807, 2.05) is 24.3 Å². The summed E-state index contributed by atoms with van der Waals surface area (Å²) >= 11 is 3.03. The Labute approximate surface area is 103 Å². The molecule has 0 saturated heterocycles. The number of aliphatic carboxylic acids is 1. The average Bonchev–Trinajstić information content (AvgIpc) is 2.28. The topological polar surface area (TPSA) is 63.3 Å². The van der Waals surface area contributed by atoms with Gasteiger partial charge in [0.15, 0.2) is 0 Å². The van der Waals surface area contributed by atoms with Crippen molar-refractivity contribution in [3.8, 4) is 10.8 Å². The van der Waals surface area contributed by atoms with Gasteiger partial charge in [-0.3, -0.25) is 4.79 Å². The van der Waals surface area contributed by atoms with Crippen LogP contribution >= 0.6 is 15.9 Å². The number of hydrogen-bond acceptors (Lipinski definition) is 2. The molecule has 16 heavy (non-hydrogen) atoms. The summed E-state index contributed by atoms with van der Waals surface area (Å²) in [7, 11) is 0. The summed E-state index contributed by atoms with van der Waals surface area (Å²) in [5.41, 5.74) is 7.46. The van der Waals surface area contributed by atoms with Crippen LogP contribution in [0.4, 0.5) is 0 Å². The molecule has 0 fully saturated rings. The van der Waals surface area contributed by atoms with Crippen LogP contribution in [-0.2, 0) is 17.6 Å². The Morgan fingerprint density at radius 2 is 1.94 bits per heavy atom. The van der Waals surface area contributed by atoms with Gasteiger partial charge in [-0.05, 0) is 22.4 Å². The fraction of sp³-hybridized carbons (Fsp3) is 0.250. The number of halogens is 1. The normalized spacial score (nSPS) is 11.4. The lowest BCUT2D eigenvalue weighted by Crippen LogP contribution is -2.32. The molecule has 0 aliphatic carbocycles. The van der Waals surface area contributed by atoms with E-state index in [2.05, 4.69) is 26.7 Å². The lowest BCUT2D eigenvalue weighted by molar-refractivity contribution is -0.138. The molecule has 3 N–H and O–H groups in total. The number of carbonyl (C=O) groups is 1. The number of carboxylic acid groups (broad SMARTS) is 1. The fourth-order valence-corrected chi connectivity index (χ4v) is 1.41. The minimum atomic E-state index is -0.978. The zero-order chi connectivity index (χ0) is 12.0. The van der Waals surface area contributed by atoms with Gasteiger partial charge in [-0.1, -0.05) is 30.2 Å². The molecule has 1 atom stereocenters. The Kier molecular flexibility index (Phi) is 5.03. The van der Waals surface area contributed by atoms with Crippen LogP contribution in [0.5, 0.6) is 0 Å². The van der Waals surface area contributed by atoms with Gasteiger partial charge in [-0.2, -0.15) is 0 Å².